The van der Waals surface area contributed by atoms with E-state index in [1.165, 1.54) is 0 Å². The monoisotopic (exact) mass is 254 g/mol. The van der Waals surface area contributed by atoms with Gasteiger partial charge in [-0.25, -0.2) is 0 Å². The van der Waals surface area contributed by atoms with Crippen LogP contribution in [0.25, 0.3) is 0 Å². The highest BCUT2D eigenvalue weighted by Gasteiger charge is 2.33. The van der Waals surface area contributed by atoms with Crippen LogP contribution in [0.5, 0.6) is 5.75 Å². The summed E-state index contributed by atoms with van der Waals surface area (Å²) in [5.41, 5.74) is 7.91. The lowest BCUT2D eigenvalue weighted by molar-refractivity contribution is -0.126. The topological polar surface area (TPSA) is 55.6 Å². The Morgan fingerprint density at radius 2 is 1.89 bits per heavy atom. The third-order valence-electron chi connectivity index (χ3n) is 3.25. The number of nitrogens with zero attached hydrogens (tertiary/aromatic N) is 1. The third-order valence-corrected chi connectivity index (χ3v) is 3.25. The van der Waals surface area contributed by atoms with Gasteiger partial charge in [-0.3, -0.25) is 4.79 Å². The molecule has 4 nitrogen and oxygen atoms in total. The minimum Gasteiger partial charge on any atom is -0.474 e. The summed E-state index contributed by atoms with van der Waals surface area (Å²) in [4.78, 5) is 14.0. The molecule has 3 rings (SSSR count). The fraction of sp³-hybridized carbons (Fsp3) is 0.133. The quantitative estimate of drug-likeness (QED) is 0.795. The number of likely N-dealkylation sites (N-methyl/N-ethyl adjacent to an activating group) is 1. The summed E-state index contributed by atoms with van der Waals surface area (Å²) in [6.07, 6.45) is -0.595. The summed E-state index contributed by atoms with van der Waals surface area (Å²) < 4.78 is 5.81. The van der Waals surface area contributed by atoms with Crippen LogP contribution in [0.1, 0.15) is 11.7 Å². The molecule has 0 radical (unpaired) electrons. The van der Waals surface area contributed by atoms with E-state index in [2.05, 4.69) is 0 Å². The molecule has 1 amide bonds. The van der Waals surface area contributed by atoms with Gasteiger partial charge in [-0.1, -0.05) is 30.3 Å². The number of carbonyl (C=O) groups excluding carboxylic acids is 1. The van der Waals surface area contributed by atoms with Gasteiger partial charge in [-0.2, -0.15) is 0 Å². The molecule has 2 N–H and O–H groups in total. The van der Waals surface area contributed by atoms with Crippen molar-refractivity contribution in [3.63, 3.8) is 0 Å². The minimum absolute atomic E-state index is 0.0932. The number of rotatable bonds is 1. The molecule has 0 aliphatic carbocycles. The molecule has 2 aromatic carbocycles. The molecule has 0 aromatic heterocycles. The van der Waals surface area contributed by atoms with Crippen molar-refractivity contribution in [2.45, 2.75) is 6.10 Å². The normalized spacial score (nSPS) is 17.8. The zero-order chi connectivity index (χ0) is 13.4. The molecule has 96 valence electrons. The van der Waals surface area contributed by atoms with Crippen LogP contribution in [0.15, 0.2) is 48.5 Å². The van der Waals surface area contributed by atoms with Crippen LogP contribution < -0.4 is 15.4 Å². The summed E-state index contributed by atoms with van der Waals surface area (Å²) in [6, 6.07) is 14.8. The molecular formula is C15H14N2O2. The van der Waals surface area contributed by atoms with Crippen molar-refractivity contribution in [2.75, 3.05) is 17.7 Å². The zero-order valence-electron chi connectivity index (χ0n) is 10.5. The summed E-state index contributed by atoms with van der Waals surface area (Å²) in [7, 11) is 1.74. The lowest BCUT2D eigenvalue weighted by Gasteiger charge is -2.32. The lowest BCUT2D eigenvalue weighted by atomic mass is 10.1. The second-order valence-corrected chi connectivity index (χ2v) is 4.53. The van der Waals surface area contributed by atoms with E-state index in [-0.39, 0.29) is 5.91 Å². The fourth-order valence-electron chi connectivity index (χ4n) is 2.21. The second kappa shape index (κ2) is 4.31. The number of carbonyl (C=O) groups is 1. The maximum atomic E-state index is 12.4. The van der Waals surface area contributed by atoms with Gasteiger partial charge in [-0.05, 0) is 18.2 Å². The van der Waals surface area contributed by atoms with Gasteiger partial charge in [0, 0.05) is 18.3 Å². The average molecular weight is 254 g/mol. The van der Waals surface area contributed by atoms with E-state index in [0.29, 0.717) is 17.1 Å². The van der Waals surface area contributed by atoms with E-state index in [0.717, 1.165) is 5.56 Å². The van der Waals surface area contributed by atoms with Crippen molar-refractivity contribution in [2.24, 2.45) is 0 Å². The summed E-state index contributed by atoms with van der Waals surface area (Å²) in [5, 5.41) is 0. The van der Waals surface area contributed by atoms with Crippen LogP contribution in [-0.4, -0.2) is 13.0 Å². The first-order valence-electron chi connectivity index (χ1n) is 6.05. The van der Waals surface area contributed by atoms with Gasteiger partial charge >= 0.3 is 0 Å². The number of fused-ring (bicyclic) bond motifs is 1. The van der Waals surface area contributed by atoms with Gasteiger partial charge in [0.25, 0.3) is 5.91 Å². The maximum Gasteiger partial charge on any atom is 0.272 e. The standard InChI is InChI=1S/C15H14N2O2/c1-17-12-9-11(16)7-8-13(12)19-14(15(17)18)10-5-3-2-4-6-10/h2-9,14H,16H2,1H3. The number of benzene rings is 2. The summed E-state index contributed by atoms with van der Waals surface area (Å²) >= 11 is 0. The molecule has 1 aliphatic rings. The lowest BCUT2D eigenvalue weighted by Crippen LogP contribution is -2.38. The Morgan fingerprint density at radius 1 is 1.16 bits per heavy atom. The van der Waals surface area contributed by atoms with E-state index in [9.17, 15) is 4.79 Å². The first-order chi connectivity index (χ1) is 9.16. The molecule has 4 heteroatoms. The van der Waals surface area contributed by atoms with Gasteiger partial charge in [-0.15, -0.1) is 0 Å². The Balaban J connectivity index is 2.04. The highest BCUT2D eigenvalue weighted by molar-refractivity contribution is 6.00. The zero-order valence-corrected chi connectivity index (χ0v) is 10.5. The molecule has 1 aliphatic heterocycles. The van der Waals surface area contributed by atoms with Crippen molar-refractivity contribution < 1.29 is 9.53 Å². The smallest absolute Gasteiger partial charge is 0.272 e. The third kappa shape index (κ3) is 1.91. The number of nitrogen functional groups attached to an aromatic ring is 1. The molecule has 2 aromatic rings. The van der Waals surface area contributed by atoms with Crippen LogP contribution in [-0.2, 0) is 4.79 Å². The fourth-order valence-corrected chi connectivity index (χ4v) is 2.21. The molecule has 0 saturated heterocycles. The van der Waals surface area contributed by atoms with E-state index in [4.69, 9.17) is 10.5 Å². The number of hydrogen-bond donors (Lipinski definition) is 1. The predicted molar refractivity (Wildman–Crippen MR) is 74.1 cm³/mol. The van der Waals surface area contributed by atoms with Gasteiger partial charge in [0.15, 0.2) is 0 Å². The van der Waals surface area contributed by atoms with Crippen molar-refractivity contribution in [3.05, 3.63) is 54.1 Å². The average Bonchev–Trinajstić information content (AvgIpc) is 2.44. The Hall–Kier alpha value is -2.49. The van der Waals surface area contributed by atoms with Crippen molar-refractivity contribution in [3.8, 4) is 5.75 Å². The number of hydrogen-bond acceptors (Lipinski definition) is 3. The van der Waals surface area contributed by atoms with Crippen molar-refractivity contribution >= 4 is 17.3 Å². The van der Waals surface area contributed by atoms with E-state index >= 15 is 0 Å². The van der Waals surface area contributed by atoms with Gasteiger partial charge < -0.3 is 15.4 Å². The number of nitrogens with two attached hydrogens (primary N) is 1. The molecule has 1 unspecified atom stereocenters. The largest absolute Gasteiger partial charge is 0.474 e. The first kappa shape index (κ1) is 11.6. The molecule has 0 bridgehead atoms. The molecule has 1 atom stereocenters. The van der Waals surface area contributed by atoms with Crippen LogP contribution in [0.2, 0.25) is 0 Å². The number of amides is 1. The summed E-state index contributed by atoms with van der Waals surface area (Å²) in [6.45, 7) is 0. The number of ether oxygens (including phenoxy) is 1. The molecule has 0 fully saturated rings. The number of anilines is 2. The molecule has 0 spiro atoms. The Labute approximate surface area is 111 Å². The highest BCUT2D eigenvalue weighted by atomic mass is 16.5. The van der Waals surface area contributed by atoms with Crippen molar-refractivity contribution in [1.82, 2.24) is 0 Å². The maximum absolute atomic E-state index is 12.4. The minimum atomic E-state index is -0.595. The molecule has 0 saturated carbocycles. The molecular weight excluding hydrogens is 240 g/mol. The Kier molecular flexibility index (Phi) is 2.63. The van der Waals surface area contributed by atoms with E-state index in [1.807, 2.05) is 30.3 Å². The van der Waals surface area contributed by atoms with E-state index < -0.39 is 6.10 Å². The van der Waals surface area contributed by atoms with Crippen LogP contribution >= 0.6 is 0 Å². The predicted octanol–water partition coefficient (Wildman–Crippen LogP) is 2.37. The molecule has 19 heavy (non-hydrogen) atoms. The SMILES string of the molecule is CN1C(=O)C(c2ccccc2)Oc2ccc(N)cc21. The summed E-state index contributed by atoms with van der Waals surface area (Å²) in [5.74, 6) is 0.578. The Morgan fingerprint density at radius 3 is 2.63 bits per heavy atom. The van der Waals surface area contributed by atoms with Crippen LogP contribution in [0.3, 0.4) is 0 Å². The first-order valence-corrected chi connectivity index (χ1v) is 6.05. The second-order valence-electron chi connectivity index (χ2n) is 4.53. The van der Waals surface area contributed by atoms with Gasteiger partial charge in [0.2, 0.25) is 6.10 Å². The van der Waals surface area contributed by atoms with Gasteiger partial charge in [0.1, 0.15) is 5.75 Å². The highest BCUT2D eigenvalue weighted by Crippen LogP contribution is 2.38. The molecule has 1 heterocycles. The Bertz CT molecular complexity index is 625. The van der Waals surface area contributed by atoms with E-state index in [1.54, 1.807) is 30.1 Å². The van der Waals surface area contributed by atoms with Crippen LogP contribution in [0, 0.1) is 0 Å². The van der Waals surface area contributed by atoms with Crippen LogP contribution in [0.4, 0.5) is 11.4 Å². The van der Waals surface area contributed by atoms with Crippen molar-refractivity contribution in [1.29, 1.82) is 0 Å². The van der Waals surface area contributed by atoms with Gasteiger partial charge in [0.05, 0.1) is 5.69 Å².